The molecule has 0 N–H and O–H groups in total. The van der Waals surface area contributed by atoms with Gasteiger partial charge in [0.25, 0.3) is 0 Å². The maximum atomic E-state index is 2.48. The van der Waals surface area contributed by atoms with E-state index in [9.17, 15) is 0 Å². The van der Waals surface area contributed by atoms with Gasteiger partial charge < -0.3 is 4.90 Å². The van der Waals surface area contributed by atoms with Crippen molar-refractivity contribution >= 4 is 50.1 Å². The molecule has 1 heterocycles. The number of benzene rings is 8. The van der Waals surface area contributed by atoms with Gasteiger partial charge in [-0.1, -0.05) is 170 Å². The van der Waals surface area contributed by atoms with E-state index in [-0.39, 0.29) is 0 Å². The first-order chi connectivity index (χ1) is 28.3. The Hall–Kier alpha value is -6.74. The first-order valence-electron chi connectivity index (χ1n) is 19.9. The fourth-order valence-corrected chi connectivity index (χ4v) is 10.8. The van der Waals surface area contributed by atoms with Crippen molar-refractivity contribution in [1.82, 2.24) is 0 Å². The highest BCUT2D eigenvalue weighted by atomic mass is 32.1. The van der Waals surface area contributed by atoms with E-state index in [1.807, 2.05) is 11.3 Å². The van der Waals surface area contributed by atoms with Gasteiger partial charge in [0.15, 0.2) is 0 Å². The standard InChI is InChI=1S/C55H39NS/c1-4-15-38(16-5-1)40-27-31-43(32-28-40)56(44-33-29-41(30-34-44)39-17-6-2-7-18-39)45-35-36-52-48(37-45)54-51(25-14-26-53(54)57-52)55(42-19-8-3-9-20-42)49-23-12-10-21-46(49)47-22-11-13-24-50(47)55/h1-13,15-24,26-37H,14,25H2. The molecule has 1 aromatic heterocycles. The average molecular weight is 746 g/mol. The Morgan fingerprint density at radius 1 is 0.439 bits per heavy atom. The van der Waals surface area contributed by atoms with E-state index in [2.05, 4.69) is 217 Å². The minimum atomic E-state index is -0.401. The number of hydrogen-bond acceptors (Lipinski definition) is 2. The molecule has 9 aromatic rings. The van der Waals surface area contributed by atoms with E-state index in [4.69, 9.17) is 0 Å². The zero-order chi connectivity index (χ0) is 37.8. The fourth-order valence-electron chi connectivity index (χ4n) is 9.59. The van der Waals surface area contributed by atoms with Crippen LogP contribution >= 0.6 is 11.3 Å². The third-order valence-electron chi connectivity index (χ3n) is 12.1. The summed E-state index contributed by atoms with van der Waals surface area (Å²) in [5, 5.41) is 2.72. The van der Waals surface area contributed by atoms with Crippen molar-refractivity contribution in [2.24, 2.45) is 0 Å². The normalized spacial score (nSPS) is 13.7. The minimum absolute atomic E-state index is 0.401. The SMILES string of the molecule is C1=c2sc3ccc(N(c4ccc(-c5ccccc5)cc4)c4ccc(-c5ccccc5)cc4)cc3c2=C(C2(c3ccccc3)c3ccccc3-c3ccccc32)CC1. The number of hydrogen-bond donors (Lipinski definition) is 0. The van der Waals surface area contributed by atoms with Crippen LogP contribution in [-0.2, 0) is 5.41 Å². The van der Waals surface area contributed by atoms with E-state index >= 15 is 0 Å². The van der Waals surface area contributed by atoms with Gasteiger partial charge in [0, 0.05) is 36.9 Å². The Morgan fingerprint density at radius 2 is 0.912 bits per heavy atom. The van der Waals surface area contributed by atoms with Crippen LogP contribution in [0.5, 0.6) is 0 Å². The van der Waals surface area contributed by atoms with Crippen LogP contribution in [0.15, 0.2) is 206 Å². The van der Waals surface area contributed by atoms with Crippen molar-refractivity contribution < 1.29 is 0 Å². The van der Waals surface area contributed by atoms with Gasteiger partial charge in [0.2, 0.25) is 0 Å². The molecule has 0 unspecified atom stereocenters. The van der Waals surface area contributed by atoms with E-state index in [1.165, 1.54) is 75.5 Å². The largest absolute Gasteiger partial charge is 0.310 e. The number of fused-ring (bicyclic) bond motifs is 6. The average Bonchev–Trinajstić information content (AvgIpc) is 3.82. The third kappa shape index (κ3) is 5.44. The second-order valence-electron chi connectivity index (χ2n) is 15.1. The summed E-state index contributed by atoms with van der Waals surface area (Å²) in [4.78, 5) is 2.42. The maximum Gasteiger partial charge on any atom is 0.0683 e. The van der Waals surface area contributed by atoms with Crippen LogP contribution in [0.1, 0.15) is 29.5 Å². The summed E-state index contributed by atoms with van der Waals surface area (Å²) >= 11 is 1.94. The first kappa shape index (κ1) is 33.6. The highest BCUT2D eigenvalue weighted by Crippen LogP contribution is 2.57. The maximum absolute atomic E-state index is 2.48. The molecule has 2 aliphatic rings. The zero-order valence-corrected chi connectivity index (χ0v) is 32.3. The van der Waals surface area contributed by atoms with Gasteiger partial charge in [-0.3, -0.25) is 0 Å². The lowest BCUT2D eigenvalue weighted by Crippen LogP contribution is -2.38. The van der Waals surface area contributed by atoms with Crippen LogP contribution in [0.3, 0.4) is 0 Å². The lowest BCUT2D eigenvalue weighted by Gasteiger charge is -2.37. The topological polar surface area (TPSA) is 3.24 Å². The van der Waals surface area contributed by atoms with E-state index < -0.39 is 5.41 Å². The number of thiophene rings is 1. The highest BCUT2D eigenvalue weighted by molar-refractivity contribution is 7.17. The number of nitrogens with zero attached hydrogens (tertiary/aromatic N) is 1. The molecule has 0 aliphatic heterocycles. The van der Waals surface area contributed by atoms with Gasteiger partial charge >= 0.3 is 0 Å². The van der Waals surface area contributed by atoms with Gasteiger partial charge in [-0.05, 0) is 111 Å². The molecule has 270 valence electrons. The summed E-state index contributed by atoms with van der Waals surface area (Å²) in [5.41, 5.74) is 16.1. The molecule has 57 heavy (non-hydrogen) atoms. The molecule has 0 amide bonds. The monoisotopic (exact) mass is 745 g/mol. The molecule has 0 bridgehead atoms. The lowest BCUT2D eigenvalue weighted by atomic mass is 9.65. The predicted octanol–water partition coefficient (Wildman–Crippen LogP) is 13.4. The Kier molecular flexibility index (Phi) is 8.12. The van der Waals surface area contributed by atoms with Crippen molar-refractivity contribution in [2.45, 2.75) is 18.3 Å². The van der Waals surface area contributed by atoms with E-state index in [0.29, 0.717) is 0 Å². The quantitative estimate of drug-likeness (QED) is 0.157. The molecule has 0 atom stereocenters. The Labute approximate surface area is 337 Å². The highest BCUT2D eigenvalue weighted by Gasteiger charge is 2.47. The number of rotatable bonds is 7. The molecular weight excluding hydrogens is 707 g/mol. The fraction of sp³-hybridized carbons (Fsp3) is 0.0545. The van der Waals surface area contributed by atoms with Crippen molar-refractivity contribution in [3.63, 3.8) is 0 Å². The summed E-state index contributed by atoms with van der Waals surface area (Å²) in [6.45, 7) is 0. The Morgan fingerprint density at radius 3 is 1.47 bits per heavy atom. The van der Waals surface area contributed by atoms with Crippen molar-refractivity contribution in [1.29, 1.82) is 0 Å². The smallest absolute Gasteiger partial charge is 0.0683 e. The predicted molar refractivity (Wildman–Crippen MR) is 242 cm³/mol. The summed E-state index contributed by atoms with van der Waals surface area (Å²) in [7, 11) is 0. The molecule has 0 saturated carbocycles. The van der Waals surface area contributed by atoms with Gasteiger partial charge in [-0.2, -0.15) is 0 Å². The van der Waals surface area contributed by atoms with Crippen LogP contribution in [0.2, 0.25) is 0 Å². The van der Waals surface area contributed by atoms with Crippen LogP contribution < -0.4 is 14.7 Å². The van der Waals surface area contributed by atoms with Crippen LogP contribution in [0.25, 0.3) is 55.1 Å². The minimum Gasteiger partial charge on any atom is -0.310 e. The Balaban J connectivity index is 1.15. The van der Waals surface area contributed by atoms with E-state index in [1.54, 1.807) is 0 Å². The van der Waals surface area contributed by atoms with Crippen LogP contribution in [-0.4, -0.2) is 0 Å². The second-order valence-corrected chi connectivity index (χ2v) is 16.2. The van der Waals surface area contributed by atoms with Crippen LogP contribution in [0, 0.1) is 0 Å². The van der Waals surface area contributed by atoms with Gasteiger partial charge in [0.05, 0.1) is 5.41 Å². The summed E-state index contributed by atoms with van der Waals surface area (Å²) < 4.78 is 2.70. The first-order valence-corrected chi connectivity index (χ1v) is 20.7. The summed E-state index contributed by atoms with van der Waals surface area (Å²) in [5.74, 6) is 0. The van der Waals surface area contributed by atoms with E-state index in [0.717, 1.165) is 29.9 Å². The number of anilines is 3. The molecule has 2 heteroatoms. The summed E-state index contributed by atoms with van der Waals surface area (Å²) in [6, 6.07) is 76.0. The molecule has 0 spiro atoms. The van der Waals surface area contributed by atoms with Gasteiger partial charge in [0.1, 0.15) is 0 Å². The lowest BCUT2D eigenvalue weighted by molar-refractivity contribution is 0.778. The molecule has 2 aliphatic carbocycles. The third-order valence-corrected chi connectivity index (χ3v) is 13.2. The summed E-state index contributed by atoms with van der Waals surface area (Å²) in [6.07, 6.45) is 4.50. The van der Waals surface area contributed by atoms with Gasteiger partial charge in [-0.25, -0.2) is 0 Å². The van der Waals surface area contributed by atoms with Gasteiger partial charge in [-0.15, -0.1) is 11.3 Å². The van der Waals surface area contributed by atoms with Crippen molar-refractivity contribution in [3.05, 3.63) is 233 Å². The van der Waals surface area contributed by atoms with Crippen molar-refractivity contribution in [3.8, 4) is 33.4 Å². The molecule has 0 radical (unpaired) electrons. The Bertz CT molecular complexity index is 2910. The molecule has 11 rings (SSSR count). The van der Waals surface area contributed by atoms with Crippen molar-refractivity contribution in [2.75, 3.05) is 4.90 Å². The molecule has 0 saturated heterocycles. The molecule has 1 nitrogen and oxygen atoms in total. The molecule has 8 aromatic carbocycles. The second kappa shape index (κ2) is 13.8. The zero-order valence-electron chi connectivity index (χ0n) is 31.5. The molecule has 0 fully saturated rings. The molecular formula is C55H39NS. The van der Waals surface area contributed by atoms with Crippen LogP contribution in [0.4, 0.5) is 17.1 Å².